The average Bonchev–Trinajstić information content (AvgIpc) is 3.32. The zero-order valence-electron chi connectivity index (χ0n) is 12.2. The highest BCUT2D eigenvalue weighted by Gasteiger charge is 2.46. The predicted octanol–water partition coefficient (Wildman–Crippen LogP) is 1.85. The van der Waals surface area contributed by atoms with Crippen LogP contribution in [0.25, 0.3) is 0 Å². The van der Waals surface area contributed by atoms with E-state index in [1.54, 1.807) is 30.0 Å². The molecule has 1 aromatic rings. The van der Waals surface area contributed by atoms with Gasteiger partial charge in [-0.25, -0.2) is 4.39 Å². The molecule has 1 heterocycles. The zero-order valence-corrected chi connectivity index (χ0v) is 12.2. The number of benzene rings is 1. The minimum atomic E-state index is -0.808. The first-order chi connectivity index (χ1) is 10.00. The van der Waals surface area contributed by atoms with Crippen molar-refractivity contribution in [2.45, 2.75) is 31.4 Å². The first kappa shape index (κ1) is 14.5. The van der Waals surface area contributed by atoms with Gasteiger partial charge in [-0.15, -0.1) is 0 Å². The molecule has 0 aromatic heterocycles. The van der Waals surface area contributed by atoms with E-state index < -0.39 is 11.6 Å². The largest absolute Gasteiger partial charge is 0.370 e. The molecule has 1 aliphatic carbocycles. The smallest absolute Gasteiger partial charge is 0.242 e. The molecule has 1 aromatic carbocycles. The van der Waals surface area contributed by atoms with E-state index in [0.29, 0.717) is 25.3 Å². The summed E-state index contributed by atoms with van der Waals surface area (Å²) in [5.74, 6) is -0.0658. The Morgan fingerprint density at radius 2 is 2.14 bits per heavy atom. The molecule has 2 aliphatic rings. The number of morpholine rings is 1. The minimum Gasteiger partial charge on any atom is -0.370 e. The second kappa shape index (κ2) is 5.39. The van der Waals surface area contributed by atoms with Crippen molar-refractivity contribution in [1.29, 1.82) is 0 Å². The Morgan fingerprint density at radius 1 is 1.43 bits per heavy atom. The summed E-state index contributed by atoms with van der Waals surface area (Å²) in [6.07, 6.45) is 1.61. The van der Waals surface area contributed by atoms with Crippen molar-refractivity contribution in [2.24, 2.45) is 11.7 Å². The third-order valence-corrected chi connectivity index (χ3v) is 4.49. The van der Waals surface area contributed by atoms with E-state index in [1.807, 2.05) is 0 Å². The molecule has 0 spiro atoms. The van der Waals surface area contributed by atoms with Gasteiger partial charge in [0.25, 0.3) is 0 Å². The second-order valence-corrected chi connectivity index (χ2v) is 6.19. The first-order valence-electron chi connectivity index (χ1n) is 7.44. The minimum absolute atomic E-state index is 0.0466. The molecular formula is C16H21FN2O2. The normalized spacial score (nSPS) is 25.5. The molecule has 1 aliphatic heterocycles. The number of nitrogens with two attached hydrogens (primary N) is 1. The summed E-state index contributed by atoms with van der Waals surface area (Å²) < 4.78 is 19.5. The molecule has 21 heavy (non-hydrogen) atoms. The standard InChI is InChI=1S/C16H21FN2O2/c1-16(18,11-6-7-11)15(20)19-8-9-21-14(10-19)12-4-2-3-5-13(12)17/h2-5,11,14H,6-10,18H2,1H3. The van der Waals surface area contributed by atoms with Crippen molar-refractivity contribution < 1.29 is 13.9 Å². The fourth-order valence-electron chi connectivity index (χ4n) is 2.96. The van der Waals surface area contributed by atoms with E-state index in [2.05, 4.69) is 0 Å². The molecule has 114 valence electrons. The van der Waals surface area contributed by atoms with Crippen LogP contribution in [-0.4, -0.2) is 36.0 Å². The molecule has 2 atom stereocenters. The Bertz CT molecular complexity index is 543. The zero-order chi connectivity index (χ0) is 15.0. The van der Waals surface area contributed by atoms with Crippen LogP contribution in [0.4, 0.5) is 4.39 Å². The van der Waals surface area contributed by atoms with Gasteiger partial charge in [-0.05, 0) is 31.7 Å². The molecule has 1 saturated heterocycles. The maximum absolute atomic E-state index is 13.9. The van der Waals surface area contributed by atoms with Gasteiger partial charge in [-0.1, -0.05) is 18.2 Å². The van der Waals surface area contributed by atoms with Gasteiger partial charge in [0.2, 0.25) is 5.91 Å². The number of hydrogen-bond donors (Lipinski definition) is 1. The van der Waals surface area contributed by atoms with Crippen molar-refractivity contribution >= 4 is 5.91 Å². The number of nitrogens with zero attached hydrogens (tertiary/aromatic N) is 1. The van der Waals surface area contributed by atoms with E-state index in [1.165, 1.54) is 6.07 Å². The predicted molar refractivity (Wildman–Crippen MR) is 77.0 cm³/mol. The van der Waals surface area contributed by atoms with Gasteiger partial charge in [0, 0.05) is 12.1 Å². The van der Waals surface area contributed by atoms with Crippen LogP contribution in [0.3, 0.4) is 0 Å². The van der Waals surface area contributed by atoms with E-state index in [-0.39, 0.29) is 17.6 Å². The highest BCUT2D eigenvalue weighted by Crippen LogP contribution is 2.39. The highest BCUT2D eigenvalue weighted by atomic mass is 19.1. The molecule has 2 N–H and O–H groups in total. The number of ether oxygens (including phenoxy) is 1. The van der Waals surface area contributed by atoms with Gasteiger partial charge < -0.3 is 15.4 Å². The number of amides is 1. The van der Waals surface area contributed by atoms with Gasteiger partial charge in [-0.3, -0.25) is 4.79 Å². The van der Waals surface area contributed by atoms with Crippen LogP contribution in [0.2, 0.25) is 0 Å². The SMILES string of the molecule is CC(N)(C(=O)N1CCOC(c2ccccc2F)C1)C1CC1. The summed E-state index contributed by atoms with van der Waals surface area (Å²) in [5.41, 5.74) is 5.90. The maximum Gasteiger partial charge on any atom is 0.242 e. The van der Waals surface area contributed by atoms with E-state index in [0.717, 1.165) is 12.8 Å². The number of carbonyl (C=O) groups excluding carboxylic acids is 1. The average molecular weight is 292 g/mol. The fraction of sp³-hybridized carbons (Fsp3) is 0.562. The van der Waals surface area contributed by atoms with Crippen molar-refractivity contribution in [1.82, 2.24) is 4.90 Å². The molecular weight excluding hydrogens is 271 g/mol. The van der Waals surface area contributed by atoms with Gasteiger partial charge in [0.15, 0.2) is 0 Å². The van der Waals surface area contributed by atoms with Crippen molar-refractivity contribution in [3.8, 4) is 0 Å². The lowest BCUT2D eigenvalue weighted by molar-refractivity contribution is -0.145. The summed E-state index contributed by atoms with van der Waals surface area (Å²) in [7, 11) is 0. The third-order valence-electron chi connectivity index (χ3n) is 4.49. The lowest BCUT2D eigenvalue weighted by atomic mass is 9.94. The van der Waals surface area contributed by atoms with Crippen LogP contribution in [-0.2, 0) is 9.53 Å². The molecule has 4 nitrogen and oxygen atoms in total. The Kier molecular flexibility index (Phi) is 3.71. The fourth-order valence-corrected chi connectivity index (χ4v) is 2.96. The summed E-state index contributed by atoms with van der Waals surface area (Å²) in [4.78, 5) is 14.3. The van der Waals surface area contributed by atoms with E-state index >= 15 is 0 Å². The van der Waals surface area contributed by atoms with Crippen molar-refractivity contribution in [3.05, 3.63) is 35.6 Å². The second-order valence-electron chi connectivity index (χ2n) is 6.19. The molecule has 1 amide bonds. The Morgan fingerprint density at radius 3 is 2.81 bits per heavy atom. The van der Waals surface area contributed by atoms with Gasteiger partial charge in [-0.2, -0.15) is 0 Å². The topological polar surface area (TPSA) is 55.6 Å². The lowest BCUT2D eigenvalue weighted by Crippen LogP contribution is -2.57. The first-order valence-corrected chi connectivity index (χ1v) is 7.44. The van der Waals surface area contributed by atoms with Crippen LogP contribution in [0.5, 0.6) is 0 Å². The molecule has 5 heteroatoms. The number of carbonyl (C=O) groups is 1. The Balaban J connectivity index is 1.74. The van der Waals surface area contributed by atoms with Crippen LogP contribution >= 0.6 is 0 Å². The molecule has 0 bridgehead atoms. The van der Waals surface area contributed by atoms with Crippen LogP contribution in [0.1, 0.15) is 31.4 Å². The number of rotatable bonds is 3. The molecule has 1 saturated carbocycles. The quantitative estimate of drug-likeness (QED) is 0.925. The third kappa shape index (κ3) is 2.80. The van der Waals surface area contributed by atoms with Crippen LogP contribution in [0.15, 0.2) is 24.3 Å². The van der Waals surface area contributed by atoms with Gasteiger partial charge in [0.1, 0.15) is 11.9 Å². The van der Waals surface area contributed by atoms with Crippen LogP contribution < -0.4 is 5.73 Å². The van der Waals surface area contributed by atoms with Crippen LogP contribution in [0, 0.1) is 11.7 Å². The number of hydrogen-bond acceptors (Lipinski definition) is 3. The molecule has 2 unspecified atom stereocenters. The summed E-state index contributed by atoms with van der Waals surface area (Å²) in [6.45, 7) is 3.09. The Hall–Kier alpha value is -1.46. The monoisotopic (exact) mass is 292 g/mol. The Labute approximate surface area is 124 Å². The maximum atomic E-state index is 13.9. The summed E-state index contributed by atoms with van der Waals surface area (Å²) in [5, 5.41) is 0. The highest BCUT2D eigenvalue weighted by molar-refractivity contribution is 5.86. The summed E-state index contributed by atoms with van der Waals surface area (Å²) >= 11 is 0. The molecule has 0 radical (unpaired) electrons. The van der Waals surface area contributed by atoms with Crippen molar-refractivity contribution in [2.75, 3.05) is 19.7 Å². The lowest BCUT2D eigenvalue weighted by Gasteiger charge is -2.37. The molecule has 3 rings (SSSR count). The van der Waals surface area contributed by atoms with E-state index in [4.69, 9.17) is 10.5 Å². The van der Waals surface area contributed by atoms with E-state index in [9.17, 15) is 9.18 Å². The van der Waals surface area contributed by atoms with Crippen molar-refractivity contribution in [3.63, 3.8) is 0 Å². The number of halogens is 1. The summed E-state index contributed by atoms with van der Waals surface area (Å²) in [6, 6.07) is 6.54. The van der Waals surface area contributed by atoms with Gasteiger partial charge >= 0.3 is 0 Å². The van der Waals surface area contributed by atoms with Gasteiger partial charge in [0.05, 0.1) is 18.7 Å². The molecule has 2 fully saturated rings.